The second-order valence-corrected chi connectivity index (χ2v) is 3.21. The van der Waals surface area contributed by atoms with E-state index in [-0.39, 0.29) is 6.54 Å². The van der Waals surface area contributed by atoms with E-state index in [4.69, 9.17) is 11.0 Å². The van der Waals surface area contributed by atoms with Gasteiger partial charge in [-0.05, 0) is 17.7 Å². The standard InChI is InChI=1S/C11H10N4/c12-4-5-15-8-10(7-14-15)9-2-1-3-11(13)6-9/h1-3,6-8H,5,13H2. The van der Waals surface area contributed by atoms with Crippen LogP contribution in [0.25, 0.3) is 11.1 Å². The molecule has 0 aliphatic carbocycles. The van der Waals surface area contributed by atoms with Crippen LogP contribution >= 0.6 is 0 Å². The summed E-state index contributed by atoms with van der Waals surface area (Å²) in [7, 11) is 0. The van der Waals surface area contributed by atoms with Crippen LogP contribution in [0.1, 0.15) is 0 Å². The van der Waals surface area contributed by atoms with Crippen LogP contribution in [0.2, 0.25) is 0 Å². The van der Waals surface area contributed by atoms with E-state index in [1.54, 1.807) is 10.9 Å². The number of hydrogen-bond acceptors (Lipinski definition) is 3. The van der Waals surface area contributed by atoms with Gasteiger partial charge in [0.05, 0.1) is 12.3 Å². The molecule has 0 bridgehead atoms. The van der Waals surface area contributed by atoms with Crippen molar-refractivity contribution in [3.05, 3.63) is 36.7 Å². The van der Waals surface area contributed by atoms with Gasteiger partial charge in [-0.15, -0.1) is 0 Å². The molecule has 4 heteroatoms. The zero-order valence-electron chi connectivity index (χ0n) is 8.09. The fraction of sp³-hybridized carbons (Fsp3) is 0.0909. The van der Waals surface area contributed by atoms with Gasteiger partial charge in [0.1, 0.15) is 6.54 Å². The molecule has 0 aliphatic rings. The van der Waals surface area contributed by atoms with Crippen LogP contribution in [0.5, 0.6) is 0 Å². The van der Waals surface area contributed by atoms with Crippen molar-refractivity contribution in [2.45, 2.75) is 6.54 Å². The lowest BCUT2D eigenvalue weighted by molar-refractivity contribution is 0.710. The maximum Gasteiger partial charge on any atom is 0.128 e. The monoisotopic (exact) mass is 198 g/mol. The van der Waals surface area contributed by atoms with Crippen LogP contribution in [0, 0.1) is 11.3 Å². The summed E-state index contributed by atoms with van der Waals surface area (Å²) in [5.74, 6) is 0. The van der Waals surface area contributed by atoms with E-state index in [1.165, 1.54) is 0 Å². The molecule has 0 spiro atoms. The van der Waals surface area contributed by atoms with E-state index in [1.807, 2.05) is 36.5 Å². The summed E-state index contributed by atoms with van der Waals surface area (Å²) in [5, 5.41) is 12.6. The molecule has 1 aromatic heterocycles. The Morgan fingerprint density at radius 1 is 1.40 bits per heavy atom. The number of anilines is 1. The summed E-state index contributed by atoms with van der Waals surface area (Å²) >= 11 is 0. The quantitative estimate of drug-likeness (QED) is 0.746. The van der Waals surface area contributed by atoms with Crippen LogP contribution in [0.15, 0.2) is 36.7 Å². The second-order valence-electron chi connectivity index (χ2n) is 3.21. The predicted molar refractivity (Wildman–Crippen MR) is 57.7 cm³/mol. The molecule has 15 heavy (non-hydrogen) atoms. The van der Waals surface area contributed by atoms with Crippen molar-refractivity contribution in [2.24, 2.45) is 0 Å². The van der Waals surface area contributed by atoms with Gasteiger partial charge in [-0.2, -0.15) is 10.4 Å². The van der Waals surface area contributed by atoms with Gasteiger partial charge in [-0.25, -0.2) is 0 Å². The normalized spacial score (nSPS) is 9.80. The molecule has 74 valence electrons. The van der Waals surface area contributed by atoms with Gasteiger partial charge < -0.3 is 5.73 Å². The summed E-state index contributed by atoms with van der Waals surface area (Å²) < 4.78 is 1.60. The SMILES string of the molecule is N#CCn1cc(-c2cccc(N)c2)cn1. The number of rotatable bonds is 2. The molecule has 0 saturated carbocycles. The van der Waals surface area contributed by atoms with Gasteiger partial charge in [0, 0.05) is 17.4 Å². The zero-order valence-corrected chi connectivity index (χ0v) is 8.09. The summed E-state index contributed by atoms with van der Waals surface area (Å²) in [6, 6.07) is 9.61. The number of nitriles is 1. The van der Waals surface area contributed by atoms with Gasteiger partial charge in [0.15, 0.2) is 0 Å². The van der Waals surface area contributed by atoms with Crippen LogP contribution in [0.4, 0.5) is 5.69 Å². The summed E-state index contributed by atoms with van der Waals surface area (Å²) in [6.07, 6.45) is 3.56. The van der Waals surface area contributed by atoms with Crippen LogP contribution in [-0.2, 0) is 6.54 Å². The Labute approximate surface area is 87.6 Å². The van der Waals surface area contributed by atoms with Gasteiger partial charge in [0.2, 0.25) is 0 Å². The topological polar surface area (TPSA) is 67.6 Å². The molecule has 0 radical (unpaired) electrons. The molecule has 2 rings (SSSR count). The van der Waals surface area contributed by atoms with Crippen molar-refractivity contribution in [1.29, 1.82) is 5.26 Å². The van der Waals surface area contributed by atoms with Crippen LogP contribution in [0.3, 0.4) is 0 Å². The van der Waals surface area contributed by atoms with Gasteiger partial charge in [-0.1, -0.05) is 12.1 Å². The molecular weight excluding hydrogens is 188 g/mol. The highest BCUT2D eigenvalue weighted by Crippen LogP contribution is 2.20. The first-order valence-electron chi connectivity index (χ1n) is 4.55. The third-order valence-electron chi connectivity index (χ3n) is 2.09. The highest BCUT2D eigenvalue weighted by Gasteiger charge is 2.01. The third kappa shape index (κ3) is 1.97. The third-order valence-corrected chi connectivity index (χ3v) is 2.09. The van der Waals surface area contributed by atoms with Crippen molar-refractivity contribution in [2.75, 3.05) is 5.73 Å². The van der Waals surface area contributed by atoms with Gasteiger partial charge in [-0.3, -0.25) is 4.68 Å². The second kappa shape index (κ2) is 3.84. The lowest BCUT2D eigenvalue weighted by Crippen LogP contribution is -1.94. The minimum Gasteiger partial charge on any atom is -0.399 e. The molecule has 0 saturated heterocycles. The van der Waals surface area contributed by atoms with Crippen molar-refractivity contribution >= 4 is 5.69 Å². The molecule has 1 aromatic carbocycles. The largest absolute Gasteiger partial charge is 0.399 e. The van der Waals surface area contributed by atoms with E-state index in [9.17, 15) is 0 Å². The molecule has 2 N–H and O–H groups in total. The maximum atomic E-state index is 8.51. The minimum absolute atomic E-state index is 0.266. The predicted octanol–water partition coefficient (Wildman–Crippen LogP) is 1.66. The van der Waals surface area contributed by atoms with Crippen LogP contribution in [-0.4, -0.2) is 9.78 Å². The van der Waals surface area contributed by atoms with E-state index < -0.39 is 0 Å². The van der Waals surface area contributed by atoms with E-state index >= 15 is 0 Å². The summed E-state index contributed by atoms with van der Waals surface area (Å²) in [4.78, 5) is 0. The molecular formula is C11H10N4. The molecule has 0 aliphatic heterocycles. The Kier molecular flexibility index (Phi) is 2.38. The number of nitrogens with two attached hydrogens (primary N) is 1. The Bertz CT molecular complexity index is 507. The lowest BCUT2D eigenvalue weighted by atomic mass is 10.1. The smallest absolute Gasteiger partial charge is 0.128 e. The molecule has 0 fully saturated rings. The number of nitrogens with zero attached hydrogens (tertiary/aromatic N) is 3. The van der Waals surface area contributed by atoms with E-state index in [2.05, 4.69) is 5.10 Å². The Hall–Kier alpha value is -2.28. The number of nitrogen functional groups attached to an aromatic ring is 1. The van der Waals surface area contributed by atoms with Crippen molar-refractivity contribution in [1.82, 2.24) is 9.78 Å². The van der Waals surface area contributed by atoms with E-state index in [0.29, 0.717) is 0 Å². The molecule has 0 atom stereocenters. The fourth-order valence-corrected chi connectivity index (χ4v) is 1.39. The van der Waals surface area contributed by atoms with Gasteiger partial charge >= 0.3 is 0 Å². The highest BCUT2D eigenvalue weighted by molar-refractivity contribution is 5.65. The average molecular weight is 198 g/mol. The van der Waals surface area contributed by atoms with Crippen LogP contribution < -0.4 is 5.73 Å². The Morgan fingerprint density at radius 3 is 3.00 bits per heavy atom. The fourth-order valence-electron chi connectivity index (χ4n) is 1.39. The van der Waals surface area contributed by atoms with Crippen molar-refractivity contribution in [3.63, 3.8) is 0 Å². The number of hydrogen-bond donors (Lipinski definition) is 1. The molecule has 1 heterocycles. The molecule has 2 aromatic rings. The first-order chi connectivity index (χ1) is 7.29. The highest BCUT2D eigenvalue weighted by atomic mass is 15.3. The Balaban J connectivity index is 2.34. The molecule has 4 nitrogen and oxygen atoms in total. The number of benzene rings is 1. The van der Waals surface area contributed by atoms with E-state index in [0.717, 1.165) is 16.8 Å². The molecule has 0 unspecified atom stereocenters. The zero-order chi connectivity index (χ0) is 10.7. The molecule has 0 amide bonds. The first-order valence-corrected chi connectivity index (χ1v) is 4.55. The number of aromatic nitrogens is 2. The van der Waals surface area contributed by atoms with Crippen molar-refractivity contribution in [3.8, 4) is 17.2 Å². The summed E-state index contributed by atoms with van der Waals surface area (Å²) in [5.41, 5.74) is 8.39. The lowest BCUT2D eigenvalue weighted by Gasteiger charge is -1.97. The summed E-state index contributed by atoms with van der Waals surface area (Å²) in [6.45, 7) is 0.266. The average Bonchev–Trinajstić information content (AvgIpc) is 2.67. The Morgan fingerprint density at radius 2 is 2.27 bits per heavy atom. The minimum atomic E-state index is 0.266. The maximum absolute atomic E-state index is 8.51. The van der Waals surface area contributed by atoms with Crippen molar-refractivity contribution < 1.29 is 0 Å². The first kappa shape index (κ1) is 9.28. The van der Waals surface area contributed by atoms with Gasteiger partial charge in [0.25, 0.3) is 0 Å².